The Hall–Kier alpha value is -3.59. The van der Waals surface area contributed by atoms with Gasteiger partial charge in [-0.1, -0.05) is 12.1 Å². The van der Waals surface area contributed by atoms with E-state index in [9.17, 15) is 13.4 Å². The van der Waals surface area contributed by atoms with Crippen LogP contribution in [0.5, 0.6) is 0 Å². The van der Waals surface area contributed by atoms with Crippen LogP contribution in [0.15, 0.2) is 54.9 Å². The number of carbonyl (C=O) groups excluding carboxylic acids is 1. The highest BCUT2D eigenvalue weighted by Gasteiger charge is 2.21. The Morgan fingerprint density at radius 1 is 1.09 bits per heavy atom. The Bertz CT molecular complexity index is 1440. The molecule has 2 aromatic carbocycles. The molecule has 9 heteroatoms. The third-order valence-corrected chi connectivity index (χ3v) is 7.65. The van der Waals surface area contributed by atoms with Crippen molar-refractivity contribution in [3.8, 4) is 5.69 Å². The van der Waals surface area contributed by atoms with Gasteiger partial charge >= 0.3 is 0 Å². The summed E-state index contributed by atoms with van der Waals surface area (Å²) in [7, 11) is -0.862. The monoisotopic (exact) mass is 491 g/mol. The number of nitrogens with zero attached hydrogens (tertiary/aromatic N) is 4. The van der Waals surface area contributed by atoms with E-state index in [4.69, 9.17) is 0 Å². The first-order chi connectivity index (χ1) is 16.9. The largest absolute Gasteiger partial charge is 0.341 e. The highest BCUT2D eigenvalue weighted by molar-refractivity contribution is 7.85. The number of rotatable bonds is 5. The molecule has 180 valence electrons. The molecule has 0 spiro atoms. The van der Waals surface area contributed by atoms with Crippen molar-refractivity contribution < 1.29 is 13.4 Å². The highest BCUT2D eigenvalue weighted by Crippen LogP contribution is 2.23. The lowest BCUT2D eigenvalue weighted by Gasteiger charge is -2.26. The minimum absolute atomic E-state index is 0.0165. The lowest BCUT2D eigenvalue weighted by Crippen LogP contribution is -2.42. The van der Waals surface area contributed by atoms with Crippen LogP contribution in [-0.2, 0) is 22.0 Å². The summed E-state index contributed by atoms with van der Waals surface area (Å²) in [5.74, 6) is 0.827. The summed E-state index contributed by atoms with van der Waals surface area (Å²) in [6.07, 6.45) is 3.54. The predicted molar refractivity (Wildman–Crippen MR) is 136 cm³/mol. The Morgan fingerprint density at radius 3 is 2.63 bits per heavy atom. The van der Waals surface area contributed by atoms with Gasteiger partial charge in [-0.2, -0.15) is 4.98 Å². The first kappa shape index (κ1) is 23.2. The van der Waals surface area contributed by atoms with Crippen LogP contribution < -0.4 is 5.32 Å². The molecule has 1 aliphatic heterocycles. The van der Waals surface area contributed by atoms with Crippen LogP contribution in [-0.4, -0.2) is 54.1 Å². The standard InChI is InChI=1S/C26H26FN5O2S/c1-17-3-5-21(13-18(17)2)29-26-28-16-20-7-8-32(25(20)30-26)22-6-4-19(23(27)15-22)14-24(33)31-9-11-35(34)12-10-31/h3-8,13,15-16H,9-12,14H2,1-2H3,(H,28,29,30). The zero-order chi connectivity index (χ0) is 24.5. The molecule has 7 nitrogen and oxygen atoms in total. The lowest BCUT2D eigenvalue weighted by molar-refractivity contribution is -0.130. The number of aromatic nitrogens is 3. The van der Waals surface area contributed by atoms with Gasteiger partial charge in [0.2, 0.25) is 11.9 Å². The van der Waals surface area contributed by atoms with Gasteiger partial charge in [0.15, 0.2) is 0 Å². The van der Waals surface area contributed by atoms with Crippen LogP contribution in [0.4, 0.5) is 16.0 Å². The van der Waals surface area contributed by atoms with Gasteiger partial charge in [0.25, 0.3) is 0 Å². The summed E-state index contributed by atoms with van der Waals surface area (Å²) in [5, 5.41) is 4.07. The third-order valence-electron chi connectivity index (χ3n) is 6.38. The van der Waals surface area contributed by atoms with E-state index in [1.165, 1.54) is 17.2 Å². The van der Waals surface area contributed by atoms with Crippen LogP contribution in [0.2, 0.25) is 0 Å². The Morgan fingerprint density at radius 2 is 1.89 bits per heavy atom. The topological polar surface area (TPSA) is 80.1 Å². The molecule has 35 heavy (non-hydrogen) atoms. The number of hydrogen-bond donors (Lipinski definition) is 1. The molecule has 2 aromatic heterocycles. The summed E-state index contributed by atoms with van der Waals surface area (Å²) in [6.45, 7) is 5.03. The van der Waals surface area contributed by atoms with E-state index in [0.29, 0.717) is 47.4 Å². The fourth-order valence-electron chi connectivity index (χ4n) is 4.13. The fraction of sp³-hybridized carbons (Fsp3) is 0.269. The fourth-order valence-corrected chi connectivity index (χ4v) is 5.18. The maximum Gasteiger partial charge on any atom is 0.229 e. The minimum atomic E-state index is -0.862. The maximum atomic E-state index is 15.0. The molecule has 0 bridgehead atoms. The Labute approximate surface area is 205 Å². The molecule has 1 aliphatic rings. The Balaban J connectivity index is 1.37. The zero-order valence-corrected chi connectivity index (χ0v) is 20.4. The van der Waals surface area contributed by atoms with Gasteiger partial charge in [-0.05, 0) is 60.9 Å². The number of hydrogen-bond acceptors (Lipinski definition) is 5. The number of fused-ring (bicyclic) bond motifs is 1. The third kappa shape index (κ3) is 4.95. The summed E-state index contributed by atoms with van der Waals surface area (Å²) in [5.41, 5.74) is 4.87. The van der Waals surface area contributed by atoms with Crippen molar-refractivity contribution >= 4 is 39.4 Å². The Kier molecular flexibility index (Phi) is 6.34. The molecule has 1 saturated heterocycles. The number of benzene rings is 2. The van der Waals surface area contributed by atoms with Crippen molar-refractivity contribution in [3.05, 3.63) is 77.4 Å². The van der Waals surface area contributed by atoms with Crippen LogP contribution >= 0.6 is 0 Å². The molecule has 1 amide bonds. The maximum absolute atomic E-state index is 15.0. The number of aryl methyl sites for hydroxylation is 2. The molecular weight excluding hydrogens is 465 g/mol. The molecule has 0 unspecified atom stereocenters. The van der Waals surface area contributed by atoms with Gasteiger partial charge in [-0.25, -0.2) is 9.37 Å². The molecule has 4 aromatic rings. The molecule has 1 fully saturated rings. The van der Waals surface area contributed by atoms with Crippen molar-refractivity contribution in [3.63, 3.8) is 0 Å². The molecule has 1 N–H and O–H groups in total. The minimum Gasteiger partial charge on any atom is -0.341 e. The SMILES string of the molecule is Cc1ccc(Nc2ncc3ccn(-c4ccc(CC(=O)N5CCS(=O)CC5)c(F)c4)c3n2)cc1C. The van der Waals surface area contributed by atoms with Crippen molar-refractivity contribution in [2.24, 2.45) is 0 Å². The van der Waals surface area contributed by atoms with Crippen LogP contribution in [0.3, 0.4) is 0 Å². The smallest absolute Gasteiger partial charge is 0.229 e. The normalized spacial score (nSPS) is 14.4. The summed E-state index contributed by atoms with van der Waals surface area (Å²) in [4.78, 5) is 23.3. The van der Waals surface area contributed by atoms with E-state index in [1.54, 1.807) is 27.8 Å². The number of anilines is 2. The van der Waals surface area contributed by atoms with Gasteiger partial charge in [-0.15, -0.1) is 0 Å². The van der Waals surface area contributed by atoms with Crippen LogP contribution in [0, 0.1) is 19.7 Å². The van der Waals surface area contributed by atoms with Gasteiger partial charge < -0.3 is 14.8 Å². The number of carbonyl (C=O) groups is 1. The number of halogens is 1. The van der Waals surface area contributed by atoms with Gasteiger partial charge in [0.1, 0.15) is 11.5 Å². The quantitative estimate of drug-likeness (QED) is 0.456. The van der Waals surface area contributed by atoms with E-state index in [-0.39, 0.29) is 12.3 Å². The summed E-state index contributed by atoms with van der Waals surface area (Å²) < 4.78 is 28.3. The van der Waals surface area contributed by atoms with E-state index >= 15 is 0 Å². The second kappa shape index (κ2) is 9.58. The molecule has 5 rings (SSSR count). The van der Waals surface area contributed by atoms with Crippen molar-refractivity contribution in [2.45, 2.75) is 20.3 Å². The first-order valence-corrected chi connectivity index (χ1v) is 13.0. The van der Waals surface area contributed by atoms with Crippen molar-refractivity contribution in [2.75, 3.05) is 29.9 Å². The molecule has 0 aliphatic carbocycles. The second-order valence-electron chi connectivity index (χ2n) is 8.76. The van der Waals surface area contributed by atoms with Crippen molar-refractivity contribution in [1.82, 2.24) is 19.4 Å². The van der Waals surface area contributed by atoms with Gasteiger partial charge in [0, 0.05) is 64.5 Å². The molecule has 0 radical (unpaired) electrons. The van der Waals surface area contributed by atoms with Gasteiger partial charge in [-0.3, -0.25) is 9.00 Å². The molecular formula is C26H26FN5O2S. The second-order valence-corrected chi connectivity index (χ2v) is 10.5. The van der Waals surface area contributed by atoms with Gasteiger partial charge in [0.05, 0.1) is 6.42 Å². The number of amides is 1. The zero-order valence-electron chi connectivity index (χ0n) is 19.6. The average molecular weight is 492 g/mol. The summed E-state index contributed by atoms with van der Waals surface area (Å²) >= 11 is 0. The van der Waals surface area contributed by atoms with E-state index in [0.717, 1.165) is 11.1 Å². The average Bonchev–Trinajstić information content (AvgIpc) is 3.26. The molecule has 0 saturated carbocycles. The highest BCUT2D eigenvalue weighted by atomic mass is 32.2. The van der Waals surface area contributed by atoms with Crippen LogP contribution in [0.1, 0.15) is 16.7 Å². The van der Waals surface area contributed by atoms with Crippen molar-refractivity contribution in [1.29, 1.82) is 0 Å². The van der Waals surface area contributed by atoms with E-state index in [1.807, 2.05) is 30.5 Å². The predicted octanol–water partition coefficient (Wildman–Crippen LogP) is 4.05. The first-order valence-electron chi connectivity index (χ1n) is 11.5. The lowest BCUT2D eigenvalue weighted by atomic mass is 10.1. The summed E-state index contributed by atoms with van der Waals surface area (Å²) in [6, 6.07) is 12.8. The number of nitrogens with one attached hydrogen (secondary N) is 1. The van der Waals surface area contributed by atoms with E-state index in [2.05, 4.69) is 29.1 Å². The molecule has 0 atom stereocenters. The molecule has 3 heterocycles. The van der Waals surface area contributed by atoms with Crippen LogP contribution in [0.25, 0.3) is 16.7 Å². The van der Waals surface area contributed by atoms with E-state index < -0.39 is 16.6 Å².